The van der Waals surface area contributed by atoms with Crippen molar-refractivity contribution in [1.29, 1.82) is 0 Å². The quantitative estimate of drug-likeness (QED) is 0.831. The van der Waals surface area contributed by atoms with Gasteiger partial charge >= 0.3 is 0 Å². The molecule has 4 rings (SSSR count). The summed E-state index contributed by atoms with van der Waals surface area (Å²) < 4.78 is 6.26. The Hall–Kier alpha value is -1.00. The Morgan fingerprint density at radius 2 is 2.26 bits per heavy atom. The molecule has 0 saturated carbocycles. The van der Waals surface area contributed by atoms with Gasteiger partial charge in [-0.15, -0.1) is 11.8 Å². The van der Waals surface area contributed by atoms with Crippen molar-refractivity contribution in [3.05, 3.63) is 29.8 Å². The van der Waals surface area contributed by atoms with E-state index in [-0.39, 0.29) is 5.91 Å². The highest BCUT2D eigenvalue weighted by Gasteiger charge is 2.70. The van der Waals surface area contributed by atoms with Gasteiger partial charge in [0.05, 0.1) is 0 Å². The summed E-state index contributed by atoms with van der Waals surface area (Å²) in [5.74, 6) is 1.47. The number of rotatable bonds is 2. The number of ether oxygens (including phenoxy) is 1. The van der Waals surface area contributed by atoms with Crippen molar-refractivity contribution in [2.45, 2.75) is 37.3 Å². The molecule has 3 aliphatic heterocycles. The molecule has 2 saturated heterocycles. The van der Waals surface area contributed by atoms with Crippen LogP contribution in [0.25, 0.3) is 0 Å². The zero-order valence-electron chi connectivity index (χ0n) is 11.2. The van der Waals surface area contributed by atoms with E-state index >= 15 is 0 Å². The van der Waals surface area contributed by atoms with Crippen molar-refractivity contribution in [2.75, 3.05) is 10.7 Å². The van der Waals surface area contributed by atoms with Crippen molar-refractivity contribution < 1.29 is 9.53 Å². The zero-order valence-corrected chi connectivity index (χ0v) is 12.0. The lowest BCUT2D eigenvalue weighted by molar-refractivity contribution is -0.123. The van der Waals surface area contributed by atoms with Crippen LogP contribution in [0.3, 0.4) is 0 Å². The first kappa shape index (κ1) is 11.8. The van der Waals surface area contributed by atoms with E-state index < -0.39 is 10.7 Å². The predicted octanol–water partition coefficient (Wildman–Crippen LogP) is 2.79. The Morgan fingerprint density at radius 3 is 3.05 bits per heavy atom. The molecule has 4 heteroatoms. The number of thioether (sulfide) groups is 1. The molecule has 19 heavy (non-hydrogen) atoms. The van der Waals surface area contributed by atoms with Crippen molar-refractivity contribution in [3.63, 3.8) is 0 Å². The van der Waals surface area contributed by atoms with Gasteiger partial charge in [-0.05, 0) is 30.7 Å². The number of piperidine rings is 1. The highest BCUT2D eigenvalue weighted by atomic mass is 32.2. The summed E-state index contributed by atoms with van der Waals surface area (Å²) in [6, 6.07) is 8.23. The van der Waals surface area contributed by atoms with E-state index in [1.807, 2.05) is 17.0 Å². The Labute approximate surface area is 117 Å². The van der Waals surface area contributed by atoms with Crippen LogP contribution in [0, 0.1) is 5.92 Å². The van der Waals surface area contributed by atoms with Gasteiger partial charge in [0.2, 0.25) is 0 Å². The van der Waals surface area contributed by atoms with Gasteiger partial charge in [-0.1, -0.05) is 25.1 Å². The molecule has 3 atom stereocenters. The summed E-state index contributed by atoms with van der Waals surface area (Å²) in [5, 5.41) is 0. The second-order valence-corrected chi connectivity index (χ2v) is 7.24. The lowest BCUT2D eigenvalue weighted by Crippen LogP contribution is -2.56. The molecule has 3 nitrogen and oxygen atoms in total. The lowest BCUT2D eigenvalue weighted by Gasteiger charge is -2.44. The predicted molar refractivity (Wildman–Crippen MR) is 76.1 cm³/mol. The van der Waals surface area contributed by atoms with Crippen LogP contribution in [-0.2, 0) is 16.0 Å². The number of fused-ring (bicyclic) bond motifs is 3. The Bertz CT molecular complexity index is 575. The van der Waals surface area contributed by atoms with Crippen LogP contribution in [0.5, 0.6) is 0 Å². The first-order valence-electron chi connectivity index (χ1n) is 6.87. The molecule has 3 aliphatic rings. The van der Waals surface area contributed by atoms with E-state index in [0.29, 0.717) is 5.92 Å². The molecule has 3 heterocycles. The van der Waals surface area contributed by atoms with E-state index in [4.69, 9.17) is 4.74 Å². The minimum Gasteiger partial charge on any atom is -0.329 e. The summed E-state index contributed by atoms with van der Waals surface area (Å²) >= 11 is 1.65. The monoisotopic (exact) mass is 275 g/mol. The summed E-state index contributed by atoms with van der Waals surface area (Å²) in [5.41, 5.74) is 1.89. The molecule has 0 radical (unpaired) electrons. The maximum Gasteiger partial charge on any atom is 0.272 e. The molecule has 2 fully saturated rings. The van der Waals surface area contributed by atoms with Crippen LogP contribution in [-0.4, -0.2) is 22.3 Å². The topological polar surface area (TPSA) is 29.5 Å². The van der Waals surface area contributed by atoms with Gasteiger partial charge in [-0.2, -0.15) is 0 Å². The van der Waals surface area contributed by atoms with E-state index in [1.165, 1.54) is 5.56 Å². The van der Waals surface area contributed by atoms with Crippen LogP contribution < -0.4 is 4.90 Å². The van der Waals surface area contributed by atoms with Crippen LogP contribution in [0.2, 0.25) is 0 Å². The Balaban J connectivity index is 1.89. The van der Waals surface area contributed by atoms with Crippen molar-refractivity contribution in [1.82, 2.24) is 0 Å². The number of hydrogen-bond acceptors (Lipinski definition) is 3. The molecular weight excluding hydrogens is 258 g/mol. The van der Waals surface area contributed by atoms with Gasteiger partial charge in [0.15, 0.2) is 10.7 Å². The number of anilines is 1. The maximum atomic E-state index is 12.8. The summed E-state index contributed by atoms with van der Waals surface area (Å²) in [6.07, 6.45) is 1.87. The van der Waals surface area contributed by atoms with Crippen molar-refractivity contribution >= 4 is 23.4 Å². The SMILES string of the molecule is CCS[C@]12CC3Cc4ccccc4N(C1=O)[C@]3(C)O2. The average molecular weight is 275 g/mol. The molecule has 1 aromatic rings. The molecule has 2 bridgehead atoms. The van der Waals surface area contributed by atoms with Gasteiger partial charge in [-0.3, -0.25) is 9.69 Å². The van der Waals surface area contributed by atoms with Crippen LogP contribution in [0.15, 0.2) is 24.3 Å². The Morgan fingerprint density at radius 1 is 1.47 bits per heavy atom. The molecule has 1 aromatic carbocycles. The second-order valence-electron chi connectivity index (χ2n) is 5.72. The standard InChI is InChI=1S/C15H17NO2S/c1-3-19-15-9-11-8-10-6-4-5-7-12(10)16(13(15)17)14(11,2)18-15/h4-7,11H,3,8-9H2,1-2H3/t11?,14-,15-/m1/s1. The van der Waals surface area contributed by atoms with E-state index in [2.05, 4.69) is 26.0 Å². The van der Waals surface area contributed by atoms with Gasteiger partial charge in [0.25, 0.3) is 5.91 Å². The largest absolute Gasteiger partial charge is 0.329 e. The number of amides is 1. The fourth-order valence-electron chi connectivity index (χ4n) is 3.86. The third-order valence-electron chi connectivity index (χ3n) is 4.69. The van der Waals surface area contributed by atoms with Crippen LogP contribution in [0.4, 0.5) is 5.69 Å². The number of benzene rings is 1. The van der Waals surface area contributed by atoms with E-state index in [9.17, 15) is 4.79 Å². The second kappa shape index (κ2) is 3.55. The number of nitrogens with zero attached hydrogens (tertiary/aromatic N) is 1. The Kier molecular flexibility index (Phi) is 2.21. The highest BCUT2D eigenvalue weighted by molar-refractivity contribution is 8.01. The fraction of sp³-hybridized carbons (Fsp3) is 0.533. The third kappa shape index (κ3) is 1.26. The first-order valence-corrected chi connectivity index (χ1v) is 7.86. The fourth-order valence-corrected chi connectivity index (χ4v) is 5.09. The molecule has 100 valence electrons. The first-order chi connectivity index (χ1) is 9.11. The molecule has 0 spiro atoms. The van der Waals surface area contributed by atoms with Crippen LogP contribution >= 0.6 is 11.8 Å². The van der Waals surface area contributed by atoms with Gasteiger partial charge in [0, 0.05) is 18.0 Å². The van der Waals surface area contributed by atoms with Gasteiger partial charge in [-0.25, -0.2) is 0 Å². The molecule has 0 aliphatic carbocycles. The highest BCUT2D eigenvalue weighted by Crippen LogP contribution is 2.61. The van der Waals surface area contributed by atoms with E-state index in [0.717, 1.165) is 24.3 Å². The normalized spacial score (nSPS) is 38.7. The minimum absolute atomic E-state index is 0.144. The number of carbonyl (C=O) groups excluding carboxylic acids is 1. The summed E-state index contributed by atoms with van der Waals surface area (Å²) in [6.45, 7) is 4.17. The number of para-hydroxylation sites is 1. The maximum absolute atomic E-state index is 12.8. The third-order valence-corrected chi connectivity index (χ3v) is 5.87. The summed E-state index contributed by atoms with van der Waals surface area (Å²) in [4.78, 5) is 14.1. The smallest absolute Gasteiger partial charge is 0.272 e. The van der Waals surface area contributed by atoms with Gasteiger partial charge in [0.1, 0.15) is 0 Å². The van der Waals surface area contributed by atoms with Crippen LogP contribution in [0.1, 0.15) is 25.8 Å². The minimum atomic E-state index is -0.623. The van der Waals surface area contributed by atoms with Crippen molar-refractivity contribution in [2.24, 2.45) is 5.92 Å². The van der Waals surface area contributed by atoms with Crippen molar-refractivity contribution in [3.8, 4) is 0 Å². The number of carbonyl (C=O) groups is 1. The molecule has 1 amide bonds. The zero-order chi connectivity index (χ0) is 13.3. The average Bonchev–Trinajstić information content (AvgIpc) is 2.78. The van der Waals surface area contributed by atoms with E-state index in [1.54, 1.807) is 11.8 Å². The molecule has 0 N–H and O–H groups in total. The molecular formula is C15H17NO2S. The molecule has 0 aromatic heterocycles. The van der Waals surface area contributed by atoms with Gasteiger partial charge < -0.3 is 4.74 Å². The summed E-state index contributed by atoms with van der Waals surface area (Å²) in [7, 11) is 0. The number of hydrogen-bond donors (Lipinski definition) is 0. The lowest BCUT2D eigenvalue weighted by atomic mass is 9.79. The molecule has 1 unspecified atom stereocenters.